The maximum atomic E-state index is 12.3. The molecule has 1 aliphatic rings. The van der Waals surface area contributed by atoms with E-state index in [0.717, 1.165) is 24.9 Å². The molecule has 2 amide bonds. The normalized spacial score (nSPS) is 18.3. The van der Waals surface area contributed by atoms with Crippen LogP contribution < -0.4 is 0 Å². The van der Waals surface area contributed by atoms with Gasteiger partial charge in [-0.1, -0.05) is 0 Å². The topological polar surface area (TPSA) is 49.9 Å². The lowest BCUT2D eigenvalue weighted by molar-refractivity contribution is -0.129. The number of amides is 2. The van der Waals surface area contributed by atoms with Crippen LogP contribution in [-0.4, -0.2) is 54.1 Å². The molecule has 5 nitrogen and oxygen atoms in total. The lowest BCUT2D eigenvalue weighted by Crippen LogP contribution is -2.46. The van der Waals surface area contributed by atoms with Gasteiger partial charge in [0.05, 0.1) is 6.42 Å². The summed E-state index contributed by atoms with van der Waals surface area (Å²) in [6.45, 7) is 7.71. The molecule has 0 spiro atoms. The second-order valence-electron chi connectivity index (χ2n) is 7.52. The average Bonchev–Trinajstić information content (AvgIpc) is 2.98. The van der Waals surface area contributed by atoms with Crippen LogP contribution in [0.5, 0.6) is 0 Å². The summed E-state index contributed by atoms with van der Waals surface area (Å²) in [5.74, 6) is 0.436. The van der Waals surface area contributed by atoms with Gasteiger partial charge in [0.25, 0.3) is 0 Å². The monoisotopic (exact) mass is 352 g/mol. The van der Waals surface area contributed by atoms with Crippen LogP contribution in [0.1, 0.15) is 39.2 Å². The van der Waals surface area contributed by atoms with Gasteiger partial charge in [0.1, 0.15) is 5.60 Å². The highest BCUT2D eigenvalue weighted by Gasteiger charge is 2.28. The van der Waals surface area contributed by atoms with Crippen LogP contribution in [0.15, 0.2) is 16.8 Å². The zero-order valence-corrected chi connectivity index (χ0v) is 15.9. The standard InChI is InChI=1S/C18H28N2O3S/c1-18(2,3)23-17(22)20-8-5-6-15(12-20)11-19(4)16(21)10-14-7-9-24-13-14/h7,9,13,15H,5-6,8,10-12H2,1-4H3. The molecule has 0 aromatic carbocycles. The number of hydrogen-bond acceptors (Lipinski definition) is 4. The van der Waals surface area contributed by atoms with Crippen molar-refractivity contribution in [1.82, 2.24) is 9.80 Å². The van der Waals surface area contributed by atoms with Gasteiger partial charge in [0.2, 0.25) is 5.91 Å². The molecule has 1 aliphatic heterocycles. The molecule has 1 aromatic rings. The molecule has 6 heteroatoms. The second kappa shape index (κ2) is 8.01. The summed E-state index contributed by atoms with van der Waals surface area (Å²) in [4.78, 5) is 28.1. The maximum absolute atomic E-state index is 12.3. The van der Waals surface area contributed by atoms with Crippen molar-refractivity contribution in [2.45, 2.75) is 45.6 Å². The number of piperidine rings is 1. The van der Waals surface area contributed by atoms with Crippen molar-refractivity contribution in [3.05, 3.63) is 22.4 Å². The molecule has 134 valence electrons. The highest BCUT2D eigenvalue weighted by atomic mass is 32.1. The van der Waals surface area contributed by atoms with E-state index in [1.54, 1.807) is 21.1 Å². The van der Waals surface area contributed by atoms with E-state index >= 15 is 0 Å². The van der Waals surface area contributed by atoms with E-state index in [2.05, 4.69) is 0 Å². The van der Waals surface area contributed by atoms with Gasteiger partial charge in [-0.05, 0) is 61.9 Å². The summed E-state index contributed by atoms with van der Waals surface area (Å²) < 4.78 is 5.46. The molecule has 0 radical (unpaired) electrons. The maximum Gasteiger partial charge on any atom is 0.410 e. The summed E-state index contributed by atoms with van der Waals surface area (Å²) in [5, 5.41) is 4.00. The lowest BCUT2D eigenvalue weighted by atomic mass is 9.97. The van der Waals surface area contributed by atoms with Gasteiger partial charge in [-0.2, -0.15) is 11.3 Å². The number of carbonyl (C=O) groups excluding carboxylic acids is 2. The fraction of sp³-hybridized carbons (Fsp3) is 0.667. The molecule has 0 saturated carbocycles. The van der Waals surface area contributed by atoms with Crippen LogP contribution in [0.4, 0.5) is 4.79 Å². The minimum Gasteiger partial charge on any atom is -0.444 e. The van der Waals surface area contributed by atoms with E-state index in [1.807, 2.05) is 44.6 Å². The Labute approximate surface area is 148 Å². The molecule has 1 aromatic heterocycles. The van der Waals surface area contributed by atoms with Gasteiger partial charge in [0.15, 0.2) is 0 Å². The van der Waals surface area contributed by atoms with Crippen LogP contribution in [0.2, 0.25) is 0 Å². The van der Waals surface area contributed by atoms with Crippen LogP contribution in [0, 0.1) is 5.92 Å². The third-order valence-electron chi connectivity index (χ3n) is 4.06. The van der Waals surface area contributed by atoms with Crippen molar-refractivity contribution in [1.29, 1.82) is 0 Å². The van der Waals surface area contributed by atoms with E-state index in [0.29, 0.717) is 25.4 Å². The number of thiophene rings is 1. The van der Waals surface area contributed by atoms with Crippen molar-refractivity contribution < 1.29 is 14.3 Å². The first-order chi connectivity index (χ1) is 11.2. The number of carbonyl (C=O) groups is 2. The first kappa shape index (κ1) is 18.8. The SMILES string of the molecule is CN(CC1CCCN(C(=O)OC(C)(C)C)C1)C(=O)Cc1ccsc1. The molecule has 0 bridgehead atoms. The summed E-state index contributed by atoms with van der Waals surface area (Å²) in [7, 11) is 1.85. The van der Waals surface area contributed by atoms with Crippen LogP contribution in [-0.2, 0) is 16.0 Å². The van der Waals surface area contributed by atoms with Crippen LogP contribution in [0.25, 0.3) is 0 Å². The van der Waals surface area contributed by atoms with E-state index in [1.165, 1.54) is 0 Å². The Morgan fingerprint density at radius 1 is 1.42 bits per heavy atom. The molecule has 2 heterocycles. The van der Waals surface area contributed by atoms with Crippen molar-refractivity contribution in [3.63, 3.8) is 0 Å². The third kappa shape index (κ3) is 5.82. The van der Waals surface area contributed by atoms with E-state index < -0.39 is 5.60 Å². The van der Waals surface area contributed by atoms with E-state index in [4.69, 9.17) is 4.74 Å². The van der Waals surface area contributed by atoms with Crippen molar-refractivity contribution >= 4 is 23.3 Å². The number of rotatable bonds is 4. The smallest absolute Gasteiger partial charge is 0.410 e. The first-order valence-corrected chi connectivity index (χ1v) is 9.42. The van der Waals surface area contributed by atoms with Gasteiger partial charge >= 0.3 is 6.09 Å². The second-order valence-corrected chi connectivity index (χ2v) is 8.30. The Balaban J connectivity index is 1.83. The average molecular weight is 353 g/mol. The fourth-order valence-electron chi connectivity index (χ4n) is 2.90. The predicted octanol–water partition coefficient (Wildman–Crippen LogP) is 3.40. The zero-order chi connectivity index (χ0) is 17.7. The molecule has 0 N–H and O–H groups in total. The number of ether oxygens (including phenoxy) is 1. The zero-order valence-electron chi connectivity index (χ0n) is 15.1. The molecular weight excluding hydrogens is 324 g/mol. The van der Waals surface area contributed by atoms with Crippen molar-refractivity contribution in [2.24, 2.45) is 5.92 Å². The quantitative estimate of drug-likeness (QED) is 0.834. The molecule has 0 aliphatic carbocycles. The Bertz CT molecular complexity index is 551. The van der Waals surface area contributed by atoms with Gasteiger partial charge in [-0.25, -0.2) is 4.79 Å². The fourth-order valence-corrected chi connectivity index (χ4v) is 3.57. The Hall–Kier alpha value is -1.56. The molecule has 24 heavy (non-hydrogen) atoms. The molecule has 2 rings (SSSR count). The largest absolute Gasteiger partial charge is 0.444 e. The molecular formula is C18H28N2O3S. The Morgan fingerprint density at radius 3 is 2.79 bits per heavy atom. The highest BCUT2D eigenvalue weighted by molar-refractivity contribution is 7.07. The Morgan fingerprint density at radius 2 is 2.17 bits per heavy atom. The van der Waals surface area contributed by atoms with E-state index in [9.17, 15) is 9.59 Å². The summed E-state index contributed by atoms with van der Waals surface area (Å²) in [5.41, 5.74) is 0.591. The summed E-state index contributed by atoms with van der Waals surface area (Å²) in [6, 6.07) is 1.99. The lowest BCUT2D eigenvalue weighted by Gasteiger charge is -2.35. The van der Waals surface area contributed by atoms with Gasteiger partial charge in [0, 0.05) is 26.7 Å². The van der Waals surface area contributed by atoms with E-state index in [-0.39, 0.29) is 12.0 Å². The minimum atomic E-state index is -0.475. The number of nitrogens with zero attached hydrogens (tertiary/aromatic N) is 2. The summed E-state index contributed by atoms with van der Waals surface area (Å²) in [6.07, 6.45) is 2.19. The first-order valence-electron chi connectivity index (χ1n) is 8.47. The van der Waals surface area contributed by atoms with Crippen LogP contribution >= 0.6 is 11.3 Å². The predicted molar refractivity (Wildman–Crippen MR) is 96.2 cm³/mol. The number of likely N-dealkylation sites (N-methyl/N-ethyl adjacent to an activating group) is 1. The molecule has 1 atom stereocenters. The minimum absolute atomic E-state index is 0.128. The number of hydrogen-bond donors (Lipinski definition) is 0. The van der Waals surface area contributed by atoms with Gasteiger partial charge < -0.3 is 14.5 Å². The van der Waals surface area contributed by atoms with Crippen LogP contribution in [0.3, 0.4) is 0 Å². The van der Waals surface area contributed by atoms with Gasteiger partial charge in [-0.15, -0.1) is 0 Å². The van der Waals surface area contributed by atoms with Gasteiger partial charge in [-0.3, -0.25) is 4.79 Å². The summed E-state index contributed by atoms with van der Waals surface area (Å²) >= 11 is 1.61. The third-order valence-corrected chi connectivity index (χ3v) is 4.80. The number of likely N-dealkylation sites (tertiary alicyclic amines) is 1. The highest BCUT2D eigenvalue weighted by Crippen LogP contribution is 2.20. The molecule has 1 saturated heterocycles. The Kier molecular flexibility index (Phi) is 6.27. The van der Waals surface area contributed by atoms with Crippen molar-refractivity contribution in [2.75, 3.05) is 26.7 Å². The molecule has 1 fully saturated rings. The van der Waals surface area contributed by atoms with Crippen molar-refractivity contribution in [3.8, 4) is 0 Å². The molecule has 1 unspecified atom stereocenters.